The Kier molecular flexibility index (Phi) is 4.30. The summed E-state index contributed by atoms with van der Waals surface area (Å²) in [5, 5.41) is 6.89. The zero-order valence-electron chi connectivity index (χ0n) is 11.6. The number of carbonyl (C=O) groups excluding carboxylic acids is 2. The molecule has 0 atom stereocenters. The molecule has 0 aliphatic rings. The van der Waals surface area contributed by atoms with Gasteiger partial charge in [-0.15, -0.1) is 0 Å². The molecule has 0 aliphatic carbocycles. The molecule has 0 bridgehead atoms. The molecule has 0 unspecified atom stereocenters. The van der Waals surface area contributed by atoms with E-state index in [0.29, 0.717) is 11.4 Å². The molecule has 5 nitrogen and oxygen atoms in total. The number of hydrogen-bond acceptors (Lipinski definition) is 3. The number of amides is 1. The molecule has 1 aromatic heterocycles. The minimum absolute atomic E-state index is 0.0260. The Labute approximate surface area is 117 Å². The van der Waals surface area contributed by atoms with Crippen molar-refractivity contribution < 1.29 is 9.59 Å². The number of hydrogen-bond donors (Lipinski definition) is 1. The lowest BCUT2D eigenvalue weighted by Crippen LogP contribution is -2.15. The molecule has 104 valence electrons. The van der Waals surface area contributed by atoms with Crippen LogP contribution in [0.5, 0.6) is 0 Å². The number of Topliss-reactive ketones (excluding diaryl/α,β-unsaturated/α-hetero) is 1. The second kappa shape index (κ2) is 6.14. The van der Waals surface area contributed by atoms with Crippen molar-refractivity contribution in [2.75, 3.05) is 5.32 Å². The van der Waals surface area contributed by atoms with Gasteiger partial charge in [-0.3, -0.25) is 14.3 Å². The Morgan fingerprint density at radius 2 is 1.90 bits per heavy atom. The van der Waals surface area contributed by atoms with Crippen molar-refractivity contribution in [1.82, 2.24) is 9.78 Å². The maximum Gasteiger partial charge on any atom is 0.225 e. The van der Waals surface area contributed by atoms with Crippen LogP contribution in [-0.4, -0.2) is 21.5 Å². The highest BCUT2D eigenvalue weighted by molar-refractivity contribution is 5.99. The Hall–Kier alpha value is -2.43. The van der Waals surface area contributed by atoms with E-state index in [-0.39, 0.29) is 24.5 Å². The fourth-order valence-electron chi connectivity index (χ4n) is 1.93. The molecule has 1 heterocycles. The maximum absolute atomic E-state index is 11.9. The van der Waals surface area contributed by atoms with Crippen LogP contribution in [0.3, 0.4) is 0 Å². The normalized spacial score (nSPS) is 10.3. The monoisotopic (exact) mass is 271 g/mol. The third-order valence-corrected chi connectivity index (χ3v) is 2.94. The number of benzene rings is 1. The van der Waals surface area contributed by atoms with Crippen LogP contribution in [0.15, 0.2) is 36.4 Å². The van der Waals surface area contributed by atoms with Crippen LogP contribution >= 0.6 is 0 Å². The van der Waals surface area contributed by atoms with Crippen molar-refractivity contribution in [3.05, 3.63) is 47.7 Å². The van der Waals surface area contributed by atoms with Crippen molar-refractivity contribution in [3.63, 3.8) is 0 Å². The molecule has 0 aliphatic heterocycles. The first-order valence-corrected chi connectivity index (χ1v) is 6.45. The predicted molar refractivity (Wildman–Crippen MR) is 76.6 cm³/mol. The van der Waals surface area contributed by atoms with Crippen molar-refractivity contribution in [2.45, 2.75) is 19.8 Å². The molecule has 0 radical (unpaired) electrons. The molecule has 5 heteroatoms. The van der Waals surface area contributed by atoms with E-state index >= 15 is 0 Å². The summed E-state index contributed by atoms with van der Waals surface area (Å²) in [5.74, 6) is 0.430. The van der Waals surface area contributed by atoms with E-state index in [2.05, 4.69) is 10.4 Å². The van der Waals surface area contributed by atoms with E-state index in [4.69, 9.17) is 0 Å². The van der Waals surface area contributed by atoms with Gasteiger partial charge in [-0.25, -0.2) is 0 Å². The number of nitrogens with one attached hydrogen (secondary N) is 1. The molecule has 20 heavy (non-hydrogen) atoms. The van der Waals surface area contributed by atoms with E-state index in [1.54, 1.807) is 29.9 Å². The molecule has 1 aromatic carbocycles. The maximum atomic E-state index is 11.9. The fraction of sp³-hybridized carbons (Fsp3) is 0.267. The molecule has 1 amide bonds. The molecule has 0 saturated carbocycles. The lowest BCUT2D eigenvalue weighted by Gasteiger charge is -2.04. The number of aromatic nitrogens is 2. The Bertz CT molecular complexity index is 617. The lowest BCUT2D eigenvalue weighted by molar-refractivity contribution is -0.116. The van der Waals surface area contributed by atoms with Gasteiger partial charge >= 0.3 is 0 Å². The Balaban J connectivity index is 1.87. The van der Waals surface area contributed by atoms with Gasteiger partial charge in [-0.05, 0) is 6.92 Å². The van der Waals surface area contributed by atoms with Gasteiger partial charge in [0.2, 0.25) is 5.91 Å². The lowest BCUT2D eigenvalue weighted by atomic mass is 10.1. The first-order valence-electron chi connectivity index (χ1n) is 6.45. The van der Waals surface area contributed by atoms with Gasteiger partial charge in [0.1, 0.15) is 5.82 Å². The summed E-state index contributed by atoms with van der Waals surface area (Å²) in [5.41, 5.74) is 1.47. The largest absolute Gasteiger partial charge is 0.311 e. The van der Waals surface area contributed by atoms with Gasteiger partial charge in [0.25, 0.3) is 0 Å². The number of carbonyl (C=O) groups is 2. The summed E-state index contributed by atoms with van der Waals surface area (Å²) < 4.78 is 1.60. The highest BCUT2D eigenvalue weighted by atomic mass is 16.2. The zero-order chi connectivity index (χ0) is 14.5. The van der Waals surface area contributed by atoms with Gasteiger partial charge in [-0.2, -0.15) is 5.10 Å². The molecular formula is C15H17N3O2. The number of nitrogens with zero attached hydrogens (tertiary/aromatic N) is 2. The van der Waals surface area contributed by atoms with E-state index < -0.39 is 0 Å². The van der Waals surface area contributed by atoms with Crippen LogP contribution in [0, 0.1) is 6.92 Å². The smallest absolute Gasteiger partial charge is 0.225 e. The van der Waals surface area contributed by atoms with Crippen molar-refractivity contribution in [2.24, 2.45) is 7.05 Å². The number of ketones is 1. The summed E-state index contributed by atoms with van der Waals surface area (Å²) in [4.78, 5) is 23.7. The summed E-state index contributed by atoms with van der Waals surface area (Å²) in [6, 6.07) is 10.8. The summed E-state index contributed by atoms with van der Waals surface area (Å²) in [6.45, 7) is 1.86. The third-order valence-electron chi connectivity index (χ3n) is 2.94. The van der Waals surface area contributed by atoms with Crippen LogP contribution in [0.4, 0.5) is 5.82 Å². The van der Waals surface area contributed by atoms with Crippen LogP contribution in [0.2, 0.25) is 0 Å². The first kappa shape index (κ1) is 14.0. The average molecular weight is 271 g/mol. The highest BCUT2D eigenvalue weighted by Gasteiger charge is 2.10. The second-order valence-corrected chi connectivity index (χ2v) is 4.63. The van der Waals surface area contributed by atoms with Crippen molar-refractivity contribution in [3.8, 4) is 0 Å². The average Bonchev–Trinajstić information content (AvgIpc) is 2.75. The van der Waals surface area contributed by atoms with E-state index in [0.717, 1.165) is 5.69 Å². The SMILES string of the molecule is Cc1cc(NC(=O)CCC(=O)c2ccccc2)n(C)n1. The first-order chi connectivity index (χ1) is 9.56. The van der Waals surface area contributed by atoms with E-state index in [1.807, 2.05) is 25.1 Å². The minimum atomic E-state index is -0.183. The van der Waals surface area contributed by atoms with Gasteiger partial charge in [0, 0.05) is 31.5 Å². The van der Waals surface area contributed by atoms with E-state index in [1.165, 1.54) is 0 Å². The Morgan fingerprint density at radius 1 is 1.20 bits per heavy atom. The van der Waals surface area contributed by atoms with Gasteiger partial charge in [-0.1, -0.05) is 30.3 Å². The predicted octanol–water partition coefficient (Wildman–Crippen LogP) is 2.33. The fourth-order valence-corrected chi connectivity index (χ4v) is 1.93. The highest BCUT2D eigenvalue weighted by Crippen LogP contribution is 2.10. The molecule has 2 rings (SSSR count). The van der Waals surface area contributed by atoms with Gasteiger partial charge in [0.15, 0.2) is 5.78 Å². The topological polar surface area (TPSA) is 64.0 Å². The summed E-state index contributed by atoms with van der Waals surface area (Å²) in [6.07, 6.45) is 0.366. The van der Waals surface area contributed by atoms with Crippen LogP contribution in [-0.2, 0) is 11.8 Å². The quantitative estimate of drug-likeness (QED) is 0.849. The van der Waals surface area contributed by atoms with Crippen LogP contribution < -0.4 is 5.32 Å². The van der Waals surface area contributed by atoms with E-state index in [9.17, 15) is 9.59 Å². The second-order valence-electron chi connectivity index (χ2n) is 4.63. The molecule has 1 N–H and O–H groups in total. The summed E-state index contributed by atoms with van der Waals surface area (Å²) >= 11 is 0. The van der Waals surface area contributed by atoms with Crippen LogP contribution in [0.25, 0.3) is 0 Å². The Morgan fingerprint density at radius 3 is 2.50 bits per heavy atom. The molecule has 2 aromatic rings. The van der Waals surface area contributed by atoms with Gasteiger partial charge < -0.3 is 5.32 Å². The number of aryl methyl sites for hydroxylation is 2. The van der Waals surface area contributed by atoms with Crippen molar-refractivity contribution in [1.29, 1.82) is 0 Å². The van der Waals surface area contributed by atoms with Crippen molar-refractivity contribution >= 4 is 17.5 Å². The zero-order valence-corrected chi connectivity index (χ0v) is 11.6. The van der Waals surface area contributed by atoms with Gasteiger partial charge in [0.05, 0.1) is 5.69 Å². The third kappa shape index (κ3) is 3.54. The molecule has 0 saturated heterocycles. The summed E-state index contributed by atoms with van der Waals surface area (Å²) in [7, 11) is 1.76. The molecule has 0 fully saturated rings. The minimum Gasteiger partial charge on any atom is -0.311 e. The van der Waals surface area contributed by atoms with Crippen LogP contribution in [0.1, 0.15) is 28.9 Å². The molecular weight excluding hydrogens is 254 g/mol. The number of anilines is 1. The molecule has 0 spiro atoms. The number of rotatable bonds is 5. The standard InChI is InChI=1S/C15H17N3O2/c1-11-10-14(18(2)17-11)16-15(20)9-8-13(19)12-6-4-3-5-7-12/h3-7,10H,8-9H2,1-2H3,(H,16,20).